The number of hydrogen-bond acceptors (Lipinski definition) is 2. The first-order valence-electron chi connectivity index (χ1n) is 4.27. The van der Waals surface area contributed by atoms with Gasteiger partial charge in [0.15, 0.2) is 0 Å². The number of rotatable bonds is 0. The van der Waals surface area contributed by atoms with E-state index in [1.165, 1.54) is 0 Å². The summed E-state index contributed by atoms with van der Waals surface area (Å²) in [6, 6.07) is 0.111. The van der Waals surface area contributed by atoms with Crippen LogP contribution >= 0.6 is 0 Å². The van der Waals surface area contributed by atoms with Gasteiger partial charge in [0.25, 0.3) is 0 Å². The van der Waals surface area contributed by atoms with E-state index in [9.17, 15) is 5.11 Å². The predicted octanol–water partition coefficient (Wildman–Crippen LogP) is 1.53. The van der Waals surface area contributed by atoms with Crippen LogP contribution in [0.15, 0.2) is 35.6 Å². The lowest BCUT2D eigenvalue weighted by Gasteiger charge is -2.29. The highest BCUT2D eigenvalue weighted by molar-refractivity contribution is 5.33. The lowest BCUT2D eigenvalue weighted by atomic mass is 9.88. The van der Waals surface area contributed by atoms with Gasteiger partial charge in [-0.3, -0.25) is 0 Å². The molecule has 0 saturated heterocycles. The normalized spacial score (nSPS) is 33.8. The lowest BCUT2D eigenvalue weighted by Crippen LogP contribution is -2.40. The van der Waals surface area contributed by atoms with Gasteiger partial charge in [0.2, 0.25) is 0 Å². The summed E-state index contributed by atoms with van der Waals surface area (Å²) in [6.07, 6.45) is 8.34. The maximum atomic E-state index is 9.70. The third-order valence-electron chi connectivity index (χ3n) is 2.47. The van der Waals surface area contributed by atoms with Gasteiger partial charge in [-0.15, -0.1) is 0 Å². The van der Waals surface area contributed by atoms with E-state index in [1.807, 2.05) is 13.0 Å². The minimum Gasteiger partial charge on any atom is -0.510 e. The molecule has 1 aliphatic carbocycles. The first-order chi connectivity index (χ1) is 5.79. The molecule has 1 heterocycles. The lowest BCUT2D eigenvalue weighted by molar-refractivity contribution is 0.311. The van der Waals surface area contributed by atoms with E-state index in [1.54, 1.807) is 0 Å². The summed E-state index contributed by atoms with van der Waals surface area (Å²) in [4.78, 5) is 0. The Morgan fingerprint density at radius 1 is 1.50 bits per heavy atom. The molecule has 0 radical (unpaired) electrons. The molecule has 2 heteroatoms. The van der Waals surface area contributed by atoms with Crippen LogP contribution in [0.25, 0.3) is 0 Å². The molecule has 2 aliphatic rings. The minimum absolute atomic E-state index is 0.111. The minimum atomic E-state index is 0.111. The summed E-state index contributed by atoms with van der Waals surface area (Å²) in [7, 11) is 0. The predicted molar refractivity (Wildman–Crippen MR) is 48.9 cm³/mol. The molecule has 2 N–H and O–H groups in total. The summed E-state index contributed by atoms with van der Waals surface area (Å²) in [5, 5.41) is 13.0. The number of aliphatic hydroxyl groups is 1. The molecule has 0 spiro atoms. The molecule has 0 aromatic carbocycles. The highest BCUT2D eigenvalue weighted by Crippen LogP contribution is 2.24. The molecule has 1 aliphatic heterocycles. The summed E-state index contributed by atoms with van der Waals surface area (Å²) in [6.45, 7) is 2.79. The highest BCUT2D eigenvalue weighted by Gasteiger charge is 2.26. The second kappa shape index (κ2) is 2.79. The summed E-state index contributed by atoms with van der Waals surface area (Å²) >= 11 is 0. The standard InChI is InChI=1S/C10H13NO/c1-7-4-5-8-3-2-6-11-9(8)10(7)12/h2-5,8-9,11-12H,6H2,1H3. The molecular formula is C10H13NO. The zero-order valence-electron chi connectivity index (χ0n) is 7.12. The van der Waals surface area contributed by atoms with Crippen LogP contribution in [0.5, 0.6) is 0 Å². The van der Waals surface area contributed by atoms with E-state index in [4.69, 9.17) is 0 Å². The van der Waals surface area contributed by atoms with Crippen molar-refractivity contribution in [2.75, 3.05) is 6.54 Å². The largest absolute Gasteiger partial charge is 0.510 e. The second-order valence-corrected chi connectivity index (χ2v) is 3.32. The van der Waals surface area contributed by atoms with Crippen LogP contribution < -0.4 is 5.32 Å². The van der Waals surface area contributed by atoms with E-state index in [0.717, 1.165) is 12.1 Å². The van der Waals surface area contributed by atoms with Gasteiger partial charge in [-0.05, 0) is 12.5 Å². The molecule has 12 heavy (non-hydrogen) atoms. The monoisotopic (exact) mass is 163 g/mol. The van der Waals surface area contributed by atoms with Gasteiger partial charge >= 0.3 is 0 Å². The van der Waals surface area contributed by atoms with Gasteiger partial charge < -0.3 is 10.4 Å². The van der Waals surface area contributed by atoms with Crippen molar-refractivity contribution in [2.45, 2.75) is 13.0 Å². The maximum absolute atomic E-state index is 9.70. The molecule has 2 unspecified atom stereocenters. The van der Waals surface area contributed by atoms with Crippen LogP contribution in [0.4, 0.5) is 0 Å². The van der Waals surface area contributed by atoms with Crippen LogP contribution in [0.1, 0.15) is 6.92 Å². The molecule has 0 aromatic heterocycles. The zero-order valence-corrected chi connectivity index (χ0v) is 7.12. The van der Waals surface area contributed by atoms with E-state index >= 15 is 0 Å². The maximum Gasteiger partial charge on any atom is 0.113 e. The molecule has 64 valence electrons. The Morgan fingerprint density at radius 2 is 2.33 bits per heavy atom. The van der Waals surface area contributed by atoms with Gasteiger partial charge in [0.1, 0.15) is 5.76 Å². The Bertz CT molecular complexity index is 276. The van der Waals surface area contributed by atoms with Crippen molar-refractivity contribution in [1.29, 1.82) is 0 Å². The third kappa shape index (κ3) is 1.08. The summed E-state index contributed by atoms with van der Waals surface area (Å²) in [5.74, 6) is 0.828. The fourth-order valence-electron chi connectivity index (χ4n) is 1.71. The van der Waals surface area contributed by atoms with Gasteiger partial charge in [-0.1, -0.05) is 24.3 Å². The number of hydrogen-bond donors (Lipinski definition) is 2. The number of nitrogens with one attached hydrogen (secondary N) is 1. The van der Waals surface area contributed by atoms with E-state index in [2.05, 4.69) is 23.5 Å². The van der Waals surface area contributed by atoms with Crippen molar-refractivity contribution in [3.05, 3.63) is 35.6 Å². The molecule has 0 saturated carbocycles. The molecule has 0 amide bonds. The molecular weight excluding hydrogens is 150 g/mol. The van der Waals surface area contributed by atoms with E-state index in [0.29, 0.717) is 11.7 Å². The number of aliphatic hydroxyl groups excluding tert-OH is 1. The van der Waals surface area contributed by atoms with Crippen molar-refractivity contribution in [1.82, 2.24) is 5.32 Å². The van der Waals surface area contributed by atoms with Gasteiger partial charge in [-0.25, -0.2) is 0 Å². The first kappa shape index (κ1) is 7.62. The Balaban J connectivity index is 2.32. The highest BCUT2D eigenvalue weighted by atomic mass is 16.3. The van der Waals surface area contributed by atoms with E-state index in [-0.39, 0.29) is 6.04 Å². The molecule has 0 bridgehead atoms. The Labute approximate surface area is 72.3 Å². The fourth-order valence-corrected chi connectivity index (χ4v) is 1.71. The van der Waals surface area contributed by atoms with Crippen LogP contribution in [0.3, 0.4) is 0 Å². The molecule has 2 rings (SSSR count). The van der Waals surface area contributed by atoms with Crippen molar-refractivity contribution in [2.24, 2.45) is 5.92 Å². The van der Waals surface area contributed by atoms with Crippen molar-refractivity contribution in [3.8, 4) is 0 Å². The van der Waals surface area contributed by atoms with Crippen LogP contribution in [-0.4, -0.2) is 17.7 Å². The number of allylic oxidation sites excluding steroid dienone is 2. The van der Waals surface area contributed by atoms with Crippen LogP contribution in [0.2, 0.25) is 0 Å². The molecule has 2 atom stereocenters. The average molecular weight is 163 g/mol. The Hall–Kier alpha value is -1.02. The smallest absolute Gasteiger partial charge is 0.113 e. The quantitative estimate of drug-likeness (QED) is 0.531. The SMILES string of the molecule is CC1=C(O)C2NCC=CC2C=C1. The van der Waals surface area contributed by atoms with Crippen LogP contribution in [0, 0.1) is 5.92 Å². The Morgan fingerprint density at radius 3 is 3.17 bits per heavy atom. The summed E-state index contributed by atoms with van der Waals surface area (Å²) in [5.41, 5.74) is 0.971. The Kier molecular flexibility index (Phi) is 1.77. The molecule has 2 nitrogen and oxygen atoms in total. The fraction of sp³-hybridized carbons (Fsp3) is 0.400. The van der Waals surface area contributed by atoms with Crippen molar-refractivity contribution in [3.63, 3.8) is 0 Å². The average Bonchev–Trinajstić information content (AvgIpc) is 2.12. The van der Waals surface area contributed by atoms with Crippen molar-refractivity contribution < 1.29 is 5.11 Å². The van der Waals surface area contributed by atoms with Crippen molar-refractivity contribution >= 4 is 0 Å². The molecule has 0 aromatic rings. The molecule has 0 fully saturated rings. The second-order valence-electron chi connectivity index (χ2n) is 3.32. The van der Waals surface area contributed by atoms with Crippen LogP contribution in [-0.2, 0) is 0 Å². The van der Waals surface area contributed by atoms with Gasteiger partial charge in [-0.2, -0.15) is 0 Å². The van der Waals surface area contributed by atoms with Gasteiger partial charge in [0.05, 0.1) is 6.04 Å². The third-order valence-corrected chi connectivity index (χ3v) is 2.47. The topological polar surface area (TPSA) is 32.3 Å². The van der Waals surface area contributed by atoms with Gasteiger partial charge in [0, 0.05) is 12.5 Å². The first-order valence-corrected chi connectivity index (χ1v) is 4.27. The number of fused-ring (bicyclic) bond motifs is 1. The zero-order chi connectivity index (χ0) is 8.55. The summed E-state index contributed by atoms with van der Waals surface area (Å²) < 4.78 is 0. The van der Waals surface area contributed by atoms with E-state index < -0.39 is 0 Å².